The summed E-state index contributed by atoms with van der Waals surface area (Å²) >= 11 is 0. The van der Waals surface area contributed by atoms with Gasteiger partial charge in [0.15, 0.2) is 0 Å². The Hall–Kier alpha value is -1.13. The second-order valence-corrected chi connectivity index (χ2v) is 3.29. The third kappa shape index (κ3) is 3.72. The van der Waals surface area contributed by atoms with E-state index in [4.69, 9.17) is 4.74 Å². The summed E-state index contributed by atoms with van der Waals surface area (Å²) < 4.78 is 4.91. The first-order chi connectivity index (χ1) is 6.58. The molecular weight excluding hydrogens is 184 g/mol. The summed E-state index contributed by atoms with van der Waals surface area (Å²) in [5, 5.41) is 18.6. The largest absolute Gasteiger partial charge is 0.459 e. The lowest BCUT2D eigenvalue weighted by atomic mass is 10.1. The van der Waals surface area contributed by atoms with Gasteiger partial charge in [0, 0.05) is 12.5 Å². The average Bonchev–Trinajstić information content (AvgIpc) is 2.10. The molecule has 3 unspecified atom stereocenters. The van der Waals surface area contributed by atoms with Gasteiger partial charge in [0.1, 0.15) is 6.10 Å². The van der Waals surface area contributed by atoms with E-state index in [-0.39, 0.29) is 6.10 Å². The van der Waals surface area contributed by atoms with Crippen molar-refractivity contribution in [2.24, 2.45) is 0 Å². The highest BCUT2D eigenvalue weighted by molar-refractivity contribution is 5.82. The standard InChI is InChI=1S/C10H14O4/c1-7-6-9(12)3-2-8(11)4-5-10(13)14-7/h2-5,7-9,11-12H,6H2,1H3/b3-2+,5-4-. The molecule has 0 amide bonds. The molecule has 0 bridgehead atoms. The van der Waals surface area contributed by atoms with E-state index in [9.17, 15) is 15.0 Å². The normalized spacial score (nSPS) is 38.5. The zero-order valence-corrected chi connectivity index (χ0v) is 7.96. The van der Waals surface area contributed by atoms with Crippen LogP contribution in [0.4, 0.5) is 0 Å². The van der Waals surface area contributed by atoms with Crippen LogP contribution in [-0.4, -0.2) is 34.5 Å². The summed E-state index contributed by atoms with van der Waals surface area (Å²) in [6.45, 7) is 1.71. The number of rotatable bonds is 0. The summed E-state index contributed by atoms with van der Waals surface area (Å²) in [7, 11) is 0. The second kappa shape index (κ2) is 4.93. The van der Waals surface area contributed by atoms with Gasteiger partial charge < -0.3 is 14.9 Å². The molecule has 0 aromatic rings. The zero-order chi connectivity index (χ0) is 10.6. The lowest BCUT2D eigenvalue weighted by Crippen LogP contribution is -2.20. The predicted octanol–water partition coefficient (Wildman–Crippen LogP) is 0.156. The number of carbonyl (C=O) groups excluding carboxylic acids is 1. The van der Waals surface area contributed by atoms with Crippen LogP contribution in [0.15, 0.2) is 24.3 Å². The van der Waals surface area contributed by atoms with E-state index in [2.05, 4.69) is 0 Å². The van der Waals surface area contributed by atoms with Crippen LogP contribution < -0.4 is 0 Å². The third-order valence-corrected chi connectivity index (χ3v) is 1.85. The van der Waals surface area contributed by atoms with E-state index in [1.807, 2.05) is 0 Å². The Morgan fingerprint density at radius 3 is 2.79 bits per heavy atom. The van der Waals surface area contributed by atoms with Crippen molar-refractivity contribution in [3.05, 3.63) is 24.3 Å². The highest BCUT2D eigenvalue weighted by atomic mass is 16.5. The van der Waals surface area contributed by atoms with Crippen LogP contribution in [0.5, 0.6) is 0 Å². The van der Waals surface area contributed by atoms with Crippen LogP contribution in [0.1, 0.15) is 13.3 Å². The van der Waals surface area contributed by atoms with Crippen molar-refractivity contribution in [1.29, 1.82) is 0 Å². The highest BCUT2D eigenvalue weighted by Gasteiger charge is 2.12. The predicted molar refractivity (Wildman–Crippen MR) is 50.5 cm³/mol. The van der Waals surface area contributed by atoms with Crippen LogP contribution in [0.2, 0.25) is 0 Å². The van der Waals surface area contributed by atoms with E-state index in [0.29, 0.717) is 6.42 Å². The van der Waals surface area contributed by atoms with E-state index in [0.717, 1.165) is 0 Å². The lowest BCUT2D eigenvalue weighted by Gasteiger charge is -2.15. The topological polar surface area (TPSA) is 66.8 Å². The minimum atomic E-state index is -0.856. The zero-order valence-electron chi connectivity index (χ0n) is 7.96. The molecule has 78 valence electrons. The minimum Gasteiger partial charge on any atom is -0.459 e. The maximum atomic E-state index is 11.0. The summed E-state index contributed by atoms with van der Waals surface area (Å²) in [6, 6.07) is 0. The number of ether oxygens (including phenoxy) is 1. The van der Waals surface area contributed by atoms with Gasteiger partial charge in [0.25, 0.3) is 0 Å². The maximum Gasteiger partial charge on any atom is 0.330 e. The Balaban J connectivity index is 2.72. The van der Waals surface area contributed by atoms with Crippen molar-refractivity contribution in [3.8, 4) is 0 Å². The van der Waals surface area contributed by atoms with Gasteiger partial charge in [-0.3, -0.25) is 0 Å². The Morgan fingerprint density at radius 2 is 2.07 bits per heavy atom. The number of carbonyl (C=O) groups is 1. The molecule has 0 fully saturated rings. The fourth-order valence-corrected chi connectivity index (χ4v) is 1.19. The minimum absolute atomic E-state index is 0.331. The Morgan fingerprint density at radius 1 is 1.36 bits per heavy atom. The number of hydrogen-bond donors (Lipinski definition) is 2. The fourth-order valence-electron chi connectivity index (χ4n) is 1.19. The van der Waals surface area contributed by atoms with Gasteiger partial charge in [-0.05, 0) is 13.0 Å². The van der Waals surface area contributed by atoms with E-state index >= 15 is 0 Å². The van der Waals surface area contributed by atoms with Crippen LogP contribution >= 0.6 is 0 Å². The molecule has 0 aromatic carbocycles. The van der Waals surface area contributed by atoms with E-state index < -0.39 is 18.2 Å². The van der Waals surface area contributed by atoms with Crippen LogP contribution in [-0.2, 0) is 9.53 Å². The molecule has 1 heterocycles. The van der Waals surface area contributed by atoms with E-state index in [1.54, 1.807) is 6.92 Å². The molecule has 2 N–H and O–H groups in total. The number of hydrogen-bond acceptors (Lipinski definition) is 4. The van der Waals surface area contributed by atoms with Crippen LogP contribution in [0.3, 0.4) is 0 Å². The number of aliphatic hydroxyl groups is 2. The highest BCUT2D eigenvalue weighted by Crippen LogP contribution is 2.07. The maximum absolute atomic E-state index is 11.0. The molecule has 1 aliphatic heterocycles. The van der Waals surface area contributed by atoms with Crippen molar-refractivity contribution in [2.45, 2.75) is 31.7 Å². The first-order valence-electron chi connectivity index (χ1n) is 4.51. The fraction of sp³-hybridized carbons (Fsp3) is 0.500. The van der Waals surface area contributed by atoms with Crippen molar-refractivity contribution in [1.82, 2.24) is 0 Å². The van der Waals surface area contributed by atoms with Gasteiger partial charge in [-0.25, -0.2) is 4.79 Å². The number of esters is 1. The monoisotopic (exact) mass is 198 g/mol. The third-order valence-electron chi connectivity index (χ3n) is 1.85. The summed E-state index contributed by atoms with van der Waals surface area (Å²) in [5.74, 6) is -0.501. The van der Waals surface area contributed by atoms with Gasteiger partial charge in [0.05, 0.1) is 12.2 Å². The molecule has 1 aliphatic rings. The Bertz CT molecular complexity index is 257. The van der Waals surface area contributed by atoms with Crippen LogP contribution in [0, 0.1) is 0 Å². The van der Waals surface area contributed by atoms with E-state index in [1.165, 1.54) is 24.3 Å². The smallest absolute Gasteiger partial charge is 0.330 e. The quantitative estimate of drug-likeness (QED) is 0.429. The lowest BCUT2D eigenvalue weighted by molar-refractivity contribution is -0.143. The molecule has 14 heavy (non-hydrogen) atoms. The van der Waals surface area contributed by atoms with Gasteiger partial charge in [-0.2, -0.15) is 0 Å². The Labute approximate surface area is 82.5 Å². The molecule has 1 rings (SSSR count). The van der Waals surface area contributed by atoms with Crippen molar-refractivity contribution in [3.63, 3.8) is 0 Å². The molecule has 4 heteroatoms. The van der Waals surface area contributed by atoms with Crippen molar-refractivity contribution >= 4 is 5.97 Å². The molecule has 0 aromatic heterocycles. The summed E-state index contributed by atoms with van der Waals surface area (Å²) in [4.78, 5) is 11.0. The molecule has 3 atom stereocenters. The van der Waals surface area contributed by atoms with Gasteiger partial charge in [0.2, 0.25) is 0 Å². The Kier molecular flexibility index (Phi) is 3.85. The molecule has 0 aliphatic carbocycles. The molecule has 0 spiro atoms. The first-order valence-corrected chi connectivity index (χ1v) is 4.51. The number of cyclic esters (lactones) is 1. The molecule has 0 radical (unpaired) electrons. The summed E-state index contributed by atoms with van der Waals surface area (Å²) in [5.41, 5.74) is 0. The average molecular weight is 198 g/mol. The van der Waals surface area contributed by atoms with Crippen molar-refractivity contribution in [2.75, 3.05) is 0 Å². The van der Waals surface area contributed by atoms with Gasteiger partial charge in [-0.15, -0.1) is 0 Å². The molecule has 0 saturated carbocycles. The second-order valence-electron chi connectivity index (χ2n) is 3.29. The van der Waals surface area contributed by atoms with Gasteiger partial charge in [-0.1, -0.05) is 12.2 Å². The molecule has 0 saturated heterocycles. The first kappa shape index (κ1) is 10.9. The van der Waals surface area contributed by atoms with Gasteiger partial charge >= 0.3 is 5.97 Å². The SMILES string of the molecule is CC1CC(O)/C=C/C(O)/C=C\C(=O)O1. The molecule has 4 nitrogen and oxygen atoms in total. The molecular formula is C10H14O4. The summed E-state index contributed by atoms with van der Waals surface area (Å²) in [6.07, 6.45) is 3.87. The van der Waals surface area contributed by atoms with Crippen molar-refractivity contribution < 1.29 is 19.7 Å². The number of aliphatic hydroxyl groups excluding tert-OH is 2. The van der Waals surface area contributed by atoms with Crippen LogP contribution in [0.25, 0.3) is 0 Å².